The van der Waals surface area contributed by atoms with Crippen LogP contribution in [-0.2, 0) is 38.0 Å². The Hall–Kier alpha value is -1.33. The van der Waals surface area contributed by atoms with Crippen LogP contribution in [0.3, 0.4) is 0 Å². The van der Waals surface area contributed by atoms with Crippen molar-refractivity contribution in [1.29, 1.82) is 0 Å². The summed E-state index contributed by atoms with van der Waals surface area (Å²) in [6, 6.07) is 0. The number of hydrogen-bond acceptors (Lipinski definition) is 21. The summed E-state index contributed by atoms with van der Waals surface area (Å²) in [5.41, 5.74) is 0. The fourth-order valence-corrected chi connectivity index (χ4v) is 5.49. The van der Waals surface area contributed by atoms with Gasteiger partial charge < -0.3 is 105 Å². The van der Waals surface area contributed by atoms with Crippen molar-refractivity contribution in [3.05, 3.63) is 0 Å². The van der Waals surface area contributed by atoms with Crippen LogP contribution in [0.1, 0.15) is 0 Å². The van der Waals surface area contributed by atoms with Crippen LogP contribution >= 0.6 is 0 Å². The number of carboxylic acids is 1. The van der Waals surface area contributed by atoms with Crippen LogP contribution in [0.15, 0.2) is 0 Å². The molecule has 22 heteroatoms. The molecule has 0 radical (unpaired) electrons. The lowest BCUT2D eigenvalue weighted by Gasteiger charge is -2.49. The van der Waals surface area contributed by atoms with Crippen LogP contribution in [0.25, 0.3) is 0 Å². The third-order valence-corrected chi connectivity index (χ3v) is 8.17. The monoisotopic (exact) mass is 680 g/mol. The summed E-state index contributed by atoms with van der Waals surface area (Å²) in [7, 11) is 0. The molecule has 20 atom stereocenters. The molecule has 4 saturated heterocycles. The van der Waals surface area contributed by atoms with Gasteiger partial charge in [0.2, 0.25) is 0 Å². The van der Waals surface area contributed by atoms with Gasteiger partial charge in [-0.1, -0.05) is 0 Å². The fourth-order valence-electron chi connectivity index (χ4n) is 5.49. The lowest BCUT2D eigenvalue weighted by atomic mass is 9.95. The van der Waals surface area contributed by atoms with Gasteiger partial charge in [-0.05, 0) is 0 Å². The van der Waals surface area contributed by atoms with Crippen molar-refractivity contribution >= 4 is 5.97 Å². The van der Waals surface area contributed by atoms with E-state index in [1.54, 1.807) is 0 Å². The molecule has 4 rings (SSSR count). The molecule has 4 fully saturated rings. The number of ether oxygens (including phenoxy) is 7. The molecule has 268 valence electrons. The molecule has 4 heterocycles. The maximum Gasteiger partial charge on any atom is 0.335 e. The number of aliphatic hydroxyl groups is 13. The zero-order valence-corrected chi connectivity index (χ0v) is 23.7. The van der Waals surface area contributed by atoms with E-state index in [0.29, 0.717) is 0 Å². The minimum absolute atomic E-state index is 0.837. The Balaban J connectivity index is 1.60. The van der Waals surface area contributed by atoms with E-state index in [1.807, 2.05) is 0 Å². The summed E-state index contributed by atoms with van der Waals surface area (Å²) >= 11 is 0. The van der Waals surface area contributed by atoms with Crippen LogP contribution in [0.4, 0.5) is 0 Å². The topological polar surface area (TPSA) is 365 Å². The zero-order chi connectivity index (χ0) is 34.2. The van der Waals surface area contributed by atoms with E-state index >= 15 is 0 Å². The Morgan fingerprint density at radius 3 is 1.46 bits per heavy atom. The van der Waals surface area contributed by atoms with Gasteiger partial charge in [-0.2, -0.15) is 0 Å². The molecule has 0 bridgehead atoms. The number of carboxylic acid groups (broad SMARTS) is 1. The highest BCUT2D eigenvalue weighted by molar-refractivity contribution is 5.73. The van der Waals surface area contributed by atoms with Crippen molar-refractivity contribution in [2.45, 2.75) is 123 Å². The van der Waals surface area contributed by atoms with E-state index in [0.717, 1.165) is 0 Å². The minimum Gasteiger partial charge on any atom is -0.479 e. The average Bonchev–Trinajstić information content (AvgIpc) is 3.02. The summed E-state index contributed by atoms with van der Waals surface area (Å²) in [5.74, 6) is -1.81. The van der Waals surface area contributed by atoms with Gasteiger partial charge in [-0.3, -0.25) is 0 Å². The third-order valence-electron chi connectivity index (χ3n) is 8.17. The van der Waals surface area contributed by atoms with Gasteiger partial charge in [0.15, 0.2) is 31.3 Å². The zero-order valence-electron chi connectivity index (χ0n) is 23.7. The number of aliphatic hydroxyl groups excluding tert-OH is 13. The van der Waals surface area contributed by atoms with Gasteiger partial charge in [0, 0.05) is 0 Å². The molecule has 4 aliphatic heterocycles. The molecule has 0 aromatic rings. The Kier molecular flexibility index (Phi) is 12.6. The molecule has 0 unspecified atom stereocenters. The SMILES string of the molecule is O=C(O)[C@H]1O[C@H](O[C@@H]2[C@H](O)[C@@H](O[C@@H]3[C@@H](O)[C@@H](O)O[C@H](CO)[C@H]3O)O[C@H](CO)[C@H]2O)[C@H](O[C@@H]2O[C@H](CO)[C@@H](O)[C@H](O)[C@H]2O)[C@@H](O)[C@@H]1O. The summed E-state index contributed by atoms with van der Waals surface area (Å²) in [6.07, 6.45) is -39.0. The predicted octanol–water partition coefficient (Wildman–Crippen LogP) is -9.66. The Morgan fingerprint density at radius 2 is 0.913 bits per heavy atom. The first-order valence-electron chi connectivity index (χ1n) is 14.1. The number of rotatable bonds is 10. The number of aliphatic carboxylic acids is 1. The maximum absolute atomic E-state index is 11.8. The molecule has 0 aliphatic carbocycles. The second-order valence-electron chi connectivity index (χ2n) is 11.2. The standard InChI is InChI=1S/C24H40O22/c25-1-4-7(28)10(31)13(34)22(41-4)46-19-12(33)11(32)18(20(37)38)45-24(19)44-17-9(30)6(3-27)42-23(15(17)36)43-16-8(29)5(2-26)40-21(39)14(16)35/h4-19,21-36,39H,1-3H2,(H,37,38)/t4-,5-,6-,7-,8-,9-,10+,11+,12+,13-,14-,15+,16+,17+,18+,19-,21+,22+,23-,24+/m1/s1. The minimum atomic E-state index is -2.23. The highest BCUT2D eigenvalue weighted by Gasteiger charge is 2.56. The van der Waals surface area contributed by atoms with Crippen LogP contribution < -0.4 is 0 Å². The van der Waals surface area contributed by atoms with E-state index in [9.17, 15) is 76.3 Å². The quantitative estimate of drug-likeness (QED) is 0.102. The largest absolute Gasteiger partial charge is 0.479 e. The Morgan fingerprint density at radius 1 is 0.457 bits per heavy atom. The molecule has 46 heavy (non-hydrogen) atoms. The number of carbonyl (C=O) groups is 1. The molecule has 4 aliphatic rings. The van der Waals surface area contributed by atoms with Crippen molar-refractivity contribution in [2.24, 2.45) is 0 Å². The van der Waals surface area contributed by atoms with E-state index in [-0.39, 0.29) is 0 Å². The summed E-state index contributed by atoms with van der Waals surface area (Å²) < 4.78 is 37.3. The van der Waals surface area contributed by atoms with Crippen LogP contribution in [0.5, 0.6) is 0 Å². The first-order valence-corrected chi connectivity index (χ1v) is 14.1. The fraction of sp³-hybridized carbons (Fsp3) is 0.958. The molecule has 22 nitrogen and oxygen atoms in total. The second-order valence-corrected chi connectivity index (χ2v) is 11.2. The summed E-state index contributed by atoms with van der Waals surface area (Å²) in [4.78, 5) is 11.8. The molecule has 0 aromatic heterocycles. The molecular formula is C24H40O22. The van der Waals surface area contributed by atoms with Crippen molar-refractivity contribution < 1.29 is 109 Å². The van der Waals surface area contributed by atoms with E-state index in [4.69, 9.17) is 33.2 Å². The van der Waals surface area contributed by atoms with Crippen LogP contribution in [-0.4, -0.2) is 220 Å². The third kappa shape index (κ3) is 7.31. The lowest BCUT2D eigenvalue weighted by molar-refractivity contribution is -0.393. The van der Waals surface area contributed by atoms with Crippen LogP contribution in [0.2, 0.25) is 0 Å². The molecular weight excluding hydrogens is 640 g/mol. The summed E-state index contributed by atoms with van der Waals surface area (Å²) in [5, 5.41) is 143. The molecule has 0 amide bonds. The highest BCUT2D eigenvalue weighted by Crippen LogP contribution is 2.34. The molecule has 0 aromatic carbocycles. The van der Waals surface area contributed by atoms with Crippen molar-refractivity contribution in [2.75, 3.05) is 19.8 Å². The Labute approximate surface area is 258 Å². The Bertz CT molecular complexity index is 990. The normalized spacial score (nSPS) is 51.9. The van der Waals surface area contributed by atoms with E-state index in [2.05, 4.69) is 0 Å². The van der Waals surface area contributed by atoms with Gasteiger partial charge in [0.25, 0.3) is 0 Å². The van der Waals surface area contributed by atoms with Gasteiger partial charge in [-0.15, -0.1) is 0 Å². The van der Waals surface area contributed by atoms with Crippen molar-refractivity contribution in [3.63, 3.8) is 0 Å². The van der Waals surface area contributed by atoms with Gasteiger partial charge in [0.1, 0.15) is 91.6 Å². The smallest absolute Gasteiger partial charge is 0.335 e. The second kappa shape index (κ2) is 15.5. The van der Waals surface area contributed by atoms with E-state index < -0.39 is 149 Å². The molecule has 0 saturated carbocycles. The van der Waals surface area contributed by atoms with Crippen molar-refractivity contribution in [1.82, 2.24) is 0 Å². The number of hydrogen-bond donors (Lipinski definition) is 14. The molecule has 14 N–H and O–H groups in total. The maximum atomic E-state index is 11.8. The first-order chi connectivity index (χ1) is 21.7. The van der Waals surface area contributed by atoms with Crippen LogP contribution in [0, 0.1) is 0 Å². The lowest BCUT2D eigenvalue weighted by Crippen LogP contribution is -2.68. The average molecular weight is 681 g/mol. The predicted molar refractivity (Wildman–Crippen MR) is 134 cm³/mol. The van der Waals surface area contributed by atoms with Crippen molar-refractivity contribution in [3.8, 4) is 0 Å². The molecule has 0 spiro atoms. The van der Waals surface area contributed by atoms with Gasteiger partial charge >= 0.3 is 5.97 Å². The highest BCUT2D eigenvalue weighted by atomic mass is 16.8. The van der Waals surface area contributed by atoms with Gasteiger partial charge in [-0.25, -0.2) is 4.79 Å². The summed E-state index contributed by atoms with van der Waals surface area (Å²) in [6.45, 7) is -2.69. The first kappa shape index (κ1) is 37.5. The van der Waals surface area contributed by atoms with E-state index in [1.165, 1.54) is 0 Å². The van der Waals surface area contributed by atoms with Gasteiger partial charge in [0.05, 0.1) is 19.8 Å².